The summed E-state index contributed by atoms with van der Waals surface area (Å²) in [4.78, 5) is 26.0. The van der Waals surface area contributed by atoms with Crippen LogP contribution >= 0.6 is 11.3 Å². The molecule has 0 spiro atoms. The van der Waals surface area contributed by atoms with Crippen molar-refractivity contribution in [1.82, 2.24) is 9.97 Å². The van der Waals surface area contributed by atoms with Crippen molar-refractivity contribution in [2.45, 2.75) is 39.2 Å². The lowest BCUT2D eigenvalue weighted by molar-refractivity contribution is 0.102. The van der Waals surface area contributed by atoms with Crippen LogP contribution in [0.2, 0.25) is 0 Å². The van der Waals surface area contributed by atoms with Crippen LogP contribution in [0.3, 0.4) is 0 Å². The molecule has 30 heavy (non-hydrogen) atoms. The summed E-state index contributed by atoms with van der Waals surface area (Å²) in [7, 11) is 3.16. The number of methoxy groups -OCH3 is 2. The lowest BCUT2D eigenvalue weighted by Crippen LogP contribution is -2.38. The first-order chi connectivity index (χ1) is 14.5. The molecule has 158 valence electrons. The third-order valence-corrected chi connectivity index (χ3v) is 6.84. The molecule has 7 nitrogen and oxygen atoms in total. The van der Waals surface area contributed by atoms with Crippen LogP contribution in [0.15, 0.2) is 24.5 Å². The van der Waals surface area contributed by atoms with Crippen LogP contribution in [0, 0.1) is 6.92 Å². The van der Waals surface area contributed by atoms with E-state index >= 15 is 0 Å². The molecule has 1 fully saturated rings. The number of amides is 1. The Morgan fingerprint density at radius 1 is 1.23 bits per heavy atom. The molecule has 3 aromatic rings. The fraction of sp³-hybridized carbons (Fsp3) is 0.409. The maximum absolute atomic E-state index is 13.2. The Morgan fingerprint density at radius 2 is 2.07 bits per heavy atom. The molecule has 1 aliphatic heterocycles. The summed E-state index contributed by atoms with van der Waals surface area (Å²) < 4.78 is 10.7. The van der Waals surface area contributed by atoms with E-state index < -0.39 is 0 Å². The second-order valence-corrected chi connectivity index (χ2v) is 8.49. The van der Waals surface area contributed by atoms with Gasteiger partial charge in [0.15, 0.2) is 0 Å². The molecule has 0 unspecified atom stereocenters. The highest BCUT2D eigenvalue weighted by molar-refractivity contribution is 7.20. The number of anilines is 2. The molecule has 1 N–H and O–H groups in total. The standard InChI is InChI=1S/C22H26N4O3S/c1-13-7-5-6-10-26(13)20-18-14(2)19(30-22(18)24-12-23-20)21(27)25-16-11-15(28-3)8-9-17(16)29-4/h8-9,11-13H,5-7,10H2,1-4H3,(H,25,27)/t13-/m1/s1. The average molecular weight is 427 g/mol. The van der Waals surface area contributed by atoms with Crippen molar-refractivity contribution in [1.29, 1.82) is 0 Å². The highest BCUT2D eigenvalue weighted by atomic mass is 32.1. The number of hydrogen-bond donors (Lipinski definition) is 1. The minimum absolute atomic E-state index is 0.195. The van der Waals surface area contributed by atoms with E-state index in [2.05, 4.69) is 27.1 Å². The fourth-order valence-electron chi connectivity index (χ4n) is 3.99. The molecule has 8 heteroatoms. The minimum Gasteiger partial charge on any atom is -0.497 e. The summed E-state index contributed by atoms with van der Waals surface area (Å²) in [6.07, 6.45) is 5.14. The Balaban J connectivity index is 1.71. The summed E-state index contributed by atoms with van der Waals surface area (Å²) >= 11 is 1.39. The van der Waals surface area contributed by atoms with Crippen molar-refractivity contribution in [2.24, 2.45) is 0 Å². The Morgan fingerprint density at radius 3 is 2.80 bits per heavy atom. The van der Waals surface area contributed by atoms with Crippen molar-refractivity contribution >= 4 is 39.0 Å². The Labute approximate surface area is 180 Å². The van der Waals surface area contributed by atoms with Gasteiger partial charge in [-0.1, -0.05) is 0 Å². The summed E-state index contributed by atoms with van der Waals surface area (Å²) in [5.74, 6) is 1.95. The number of rotatable bonds is 5. The molecule has 1 aliphatic rings. The normalized spacial score (nSPS) is 16.5. The maximum atomic E-state index is 13.2. The van der Waals surface area contributed by atoms with Crippen molar-refractivity contribution in [3.05, 3.63) is 35.0 Å². The van der Waals surface area contributed by atoms with Crippen LogP contribution in [-0.2, 0) is 0 Å². The molecule has 1 atom stereocenters. The number of thiophene rings is 1. The zero-order chi connectivity index (χ0) is 21.3. The molecule has 2 aromatic heterocycles. The number of fused-ring (bicyclic) bond motifs is 1. The van der Waals surface area contributed by atoms with Gasteiger partial charge in [0.1, 0.15) is 28.5 Å². The first-order valence-corrected chi connectivity index (χ1v) is 10.9. The number of nitrogens with zero attached hydrogens (tertiary/aromatic N) is 3. The minimum atomic E-state index is -0.195. The van der Waals surface area contributed by atoms with Crippen LogP contribution < -0.4 is 19.7 Å². The first kappa shape index (κ1) is 20.4. The molecular formula is C22H26N4O3S. The fourth-order valence-corrected chi connectivity index (χ4v) is 5.03. The topological polar surface area (TPSA) is 76.6 Å². The number of carbonyl (C=O) groups is 1. The van der Waals surface area contributed by atoms with Gasteiger partial charge in [0.25, 0.3) is 5.91 Å². The number of benzene rings is 1. The number of aryl methyl sites for hydroxylation is 1. The molecule has 0 saturated carbocycles. The van der Waals surface area contributed by atoms with E-state index in [1.54, 1.807) is 38.7 Å². The molecule has 0 bridgehead atoms. The van der Waals surface area contributed by atoms with Crippen LogP contribution in [0.25, 0.3) is 10.2 Å². The zero-order valence-corrected chi connectivity index (χ0v) is 18.5. The van der Waals surface area contributed by atoms with Gasteiger partial charge in [-0.05, 0) is 50.8 Å². The Hall–Kier alpha value is -2.87. The summed E-state index contributed by atoms with van der Waals surface area (Å²) in [5.41, 5.74) is 1.47. The molecule has 3 heterocycles. The molecule has 4 rings (SSSR count). The largest absolute Gasteiger partial charge is 0.497 e. The van der Waals surface area contributed by atoms with Gasteiger partial charge in [0, 0.05) is 18.7 Å². The predicted octanol–water partition coefficient (Wildman–Crippen LogP) is 4.65. The van der Waals surface area contributed by atoms with E-state index in [4.69, 9.17) is 9.47 Å². The smallest absolute Gasteiger partial charge is 0.266 e. The predicted molar refractivity (Wildman–Crippen MR) is 120 cm³/mol. The van der Waals surface area contributed by atoms with Crippen molar-refractivity contribution in [3.63, 3.8) is 0 Å². The monoisotopic (exact) mass is 426 g/mol. The van der Waals surface area contributed by atoms with E-state index in [9.17, 15) is 4.79 Å². The van der Waals surface area contributed by atoms with Gasteiger partial charge < -0.3 is 19.7 Å². The van der Waals surface area contributed by atoms with Crippen molar-refractivity contribution < 1.29 is 14.3 Å². The van der Waals surface area contributed by atoms with E-state index in [0.29, 0.717) is 28.1 Å². The SMILES string of the molecule is COc1ccc(OC)c(NC(=O)c2sc3ncnc(N4CCCC[C@H]4C)c3c2C)c1. The highest BCUT2D eigenvalue weighted by Gasteiger charge is 2.26. The van der Waals surface area contributed by atoms with Gasteiger partial charge in [-0.15, -0.1) is 11.3 Å². The summed E-state index contributed by atoms with van der Waals surface area (Å²) in [6.45, 7) is 5.18. The second-order valence-electron chi connectivity index (χ2n) is 7.49. The molecule has 1 aromatic carbocycles. The van der Waals surface area contributed by atoms with Crippen LogP contribution in [0.5, 0.6) is 11.5 Å². The zero-order valence-electron chi connectivity index (χ0n) is 17.7. The Bertz CT molecular complexity index is 1080. The number of piperidine rings is 1. The van der Waals surface area contributed by atoms with E-state index in [1.165, 1.54) is 17.8 Å². The number of aromatic nitrogens is 2. The first-order valence-electron chi connectivity index (χ1n) is 10.1. The summed E-state index contributed by atoms with van der Waals surface area (Å²) in [6, 6.07) is 5.74. The van der Waals surface area contributed by atoms with Crippen LogP contribution in [-0.4, -0.2) is 42.7 Å². The molecule has 0 radical (unpaired) electrons. The van der Waals surface area contributed by atoms with Crippen molar-refractivity contribution in [3.8, 4) is 11.5 Å². The molecule has 1 amide bonds. The average Bonchev–Trinajstić information content (AvgIpc) is 3.11. The summed E-state index contributed by atoms with van der Waals surface area (Å²) in [5, 5.41) is 3.94. The van der Waals surface area contributed by atoms with Gasteiger partial charge in [-0.2, -0.15) is 0 Å². The number of hydrogen-bond acceptors (Lipinski definition) is 7. The number of nitrogens with one attached hydrogen (secondary N) is 1. The maximum Gasteiger partial charge on any atom is 0.266 e. The third-order valence-electron chi connectivity index (χ3n) is 5.64. The van der Waals surface area contributed by atoms with E-state index in [-0.39, 0.29) is 5.91 Å². The van der Waals surface area contributed by atoms with E-state index in [0.717, 1.165) is 41.0 Å². The number of ether oxygens (including phenoxy) is 2. The van der Waals surface area contributed by atoms with Crippen LogP contribution in [0.4, 0.5) is 11.5 Å². The molecule has 1 saturated heterocycles. The lowest BCUT2D eigenvalue weighted by Gasteiger charge is -2.34. The van der Waals surface area contributed by atoms with E-state index in [1.807, 2.05) is 6.92 Å². The third kappa shape index (κ3) is 3.67. The van der Waals surface area contributed by atoms with Gasteiger partial charge >= 0.3 is 0 Å². The molecular weight excluding hydrogens is 400 g/mol. The molecule has 0 aliphatic carbocycles. The van der Waals surface area contributed by atoms with Gasteiger partial charge in [0.05, 0.1) is 30.2 Å². The lowest BCUT2D eigenvalue weighted by atomic mass is 10.0. The van der Waals surface area contributed by atoms with Crippen LogP contribution in [0.1, 0.15) is 41.4 Å². The van der Waals surface area contributed by atoms with Gasteiger partial charge in [-0.3, -0.25) is 4.79 Å². The quantitative estimate of drug-likeness (QED) is 0.640. The van der Waals surface area contributed by atoms with Gasteiger partial charge in [-0.25, -0.2) is 9.97 Å². The van der Waals surface area contributed by atoms with Crippen molar-refractivity contribution in [2.75, 3.05) is 31.0 Å². The number of carbonyl (C=O) groups excluding carboxylic acids is 1. The highest BCUT2D eigenvalue weighted by Crippen LogP contribution is 2.38. The second kappa shape index (κ2) is 8.47. The van der Waals surface area contributed by atoms with Gasteiger partial charge in [0.2, 0.25) is 0 Å². The Kier molecular flexibility index (Phi) is 5.76.